The number of hydrogen-bond acceptors (Lipinski definition) is 2. The lowest BCUT2D eigenvalue weighted by Crippen LogP contribution is -2.28. The van der Waals surface area contributed by atoms with Gasteiger partial charge in [-0.05, 0) is 42.9 Å². The van der Waals surface area contributed by atoms with Crippen LogP contribution in [0.15, 0.2) is 18.2 Å². The summed E-state index contributed by atoms with van der Waals surface area (Å²) in [5, 5.41) is 12.3. The van der Waals surface area contributed by atoms with Gasteiger partial charge in [-0.25, -0.2) is 4.39 Å². The first-order valence-corrected chi connectivity index (χ1v) is 6.33. The zero-order valence-corrected chi connectivity index (χ0v) is 10.4. The molecule has 3 nitrogen and oxygen atoms in total. The SMILES string of the molecule is CC1CCC(CNC(=O)c2cc(F)ccc2O)C1. The van der Waals surface area contributed by atoms with E-state index < -0.39 is 11.7 Å². The number of phenolic OH excluding ortho intramolecular Hbond substituents is 1. The number of amides is 1. The van der Waals surface area contributed by atoms with Crippen molar-refractivity contribution in [2.75, 3.05) is 6.54 Å². The first-order chi connectivity index (χ1) is 8.56. The molecule has 0 radical (unpaired) electrons. The van der Waals surface area contributed by atoms with Crippen molar-refractivity contribution in [2.45, 2.75) is 26.2 Å². The number of rotatable bonds is 3. The summed E-state index contributed by atoms with van der Waals surface area (Å²) in [6.07, 6.45) is 3.44. The maximum atomic E-state index is 13.0. The van der Waals surface area contributed by atoms with E-state index in [2.05, 4.69) is 12.2 Å². The minimum absolute atomic E-state index is 0.000968. The van der Waals surface area contributed by atoms with Crippen molar-refractivity contribution >= 4 is 5.91 Å². The predicted octanol–water partition coefficient (Wildman–Crippen LogP) is 2.70. The molecule has 4 heteroatoms. The monoisotopic (exact) mass is 251 g/mol. The van der Waals surface area contributed by atoms with Crippen LogP contribution in [0.25, 0.3) is 0 Å². The number of carbonyl (C=O) groups excluding carboxylic acids is 1. The third-order valence-corrected chi connectivity index (χ3v) is 3.56. The van der Waals surface area contributed by atoms with Gasteiger partial charge in [0.1, 0.15) is 11.6 Å². The van der Waals surface area contributed by atoms with Gasteiger partial charge in [0.05, 0.1) is 5.56 Å². The maximum absolute atomic E-state index is 13.0. The van der Waals surface area contributed by atoms with Gasteiger partial charge in [-0.2, -0.15) is 0 Å². The Kier molecular flexibility index (Phi) is 3.84. The van der Waals surface area contributed by atoms with Crippen LogP contribution in [-0.4, -0.2) is 17.6 Å². The van der Waals surface area contributed by atoms with Crippen LogP contribution in [0.4, 0.5) is 4.39 Å². The van der Waals surface area contributed by atoms with Crippen molar-refractivity contribution in [2.24, 2.45) is 11.8 Å². The second-order valence-corrected chi connectivity index (χ2v) is 5.16. The van der Waals surface area contributed by atoms with E-state index in [9.17, 15) is 14.3 Å². The van der Waals surface area contributed by atoms with E-state index in [4.69, 9.17) is 0 Å². The molecule has 98 valence electrons. The van der Waals surface area contributed by atoms with Gasteiger partial charge in [-0.3, -0.25) is 4.79 Å². The molecule has 18 heavy (non-hydrogen) atoms. The quantitative estimate of drug-likeness (QED) is 0.867. The molecule has 0 heterocycles. The third kappa shape index (κ3) is 3.00. The first-order valence-electron chi connectivity index (χ1n) is 6.33. The summed E-state index contributed by atoms with van der Waals surface area (Å²) in [5.74, 6) is 0.0989. The smallest absolute Gasteiger partial charge is 0.255 e. The van der Waals surface area contributed by atoms with Gasteiger partial charge < -0.3 is 10.4 Å². The minimum atomic E-state index is -0.521. The average molecular weight is 251 g/mol. The Balaban J connectivity index is 1.93. The third-order valence-electron chi connectivity index (χ3n) is 3.56. The summed E-state index contributed by atoms with van der Waals surface area (Å²) >= 11 is 0. The molecule has 2 rings (SSSR count). The Hall–Kier alpha value is -1.58. The van der Waals surface area contributed by atoms with Crippen molar-refractivity contribution in [3.63, 3.8) is 0 Å². The van der Waals surface area contributed by atoms with Gasteiger partial charge in [0.2, 0.25) is 0 Å². The molecular weight excluding hydrogens is 233 g/mol. The molecule has 0 aliphatic heterocycles. The van der Waals surface area contributed by atoms with Crippen molar-refractivity contribution < 1.29 is 14.3 Å². The summed E-state index contributed by atoms with van der Waals surface area (Å²) < 4.78 is 13.0. The summed E-state index contributed by atoms with van der Waals surface area (Å²) in [6.45, 7) is 2.80. The molecule has 1 fully saturated rings. The number of aromatic hydroxyl groups is 1. The number of nitrogens with one attached hydrogen (secondary N) is 1. The second kappa shape index (κ2) is 5.38. The molecule has 2 N–H and O–H groups in total. The zero-order chi connectivity index (χ0) is 13.1. The van der Waals surface area contributed by atoms with E-state index >= 15 is 0 Å². The fourth-order valence-corrected chi connectivity index (χ4v) is 2.53. The van der Waals surface area contributed by atoms with Crippen LogP contribution in [0.2, 0.25) is 0 Å². The zero-order valence-electron chi connectivity index (χ0n) is 10.4. The van der Waals surface area contributed by atoms with E-state index in [-0.39, 0.29) is 11.3 Å². The van der Waals surface area contributed by atoms with Crippen molar-refractivity contribution in [1.29, 1.82) is 0 Å². The molecule has 1 aliphatic carbocycles. The molecule has 0 spiro atoms. The maximum Gasteiger partial charge on any atom is 0.255 e. The highest BCUT2D eigenvalue weighted by molar-refractivity contribution is 5.96. The molecule has 2 unspecified atom stereocenters. The van der Waals surface area contributed by atoms with Crippen LogP contribution in [-0.2, 0) is 0 Å². The molecule has 0 bridgehead atoms. The fraction of sp³-hybridized carbons (Fsp3) is 0.500. The molecule has 0 aromatic heterocycles. The summed E-state index contributed by atoms with van der Waals surface area (Å²) in [7, 11) is 0. The van der Waals surface area contributed by atoms with Crippen LogP contribution in [0, 0.1) is 17.7 Å². The molecular formula is C14H18FNO2. The highest BCUT2D eigenvalue weighted by Gasteiger charge is 2.22. The first kappa shape index (κ1) is 12.9. The van der Waals surface area contributed by atoms with Gasteiger partial charge in [-0.15, -0.1) is 0 Å². The lowest BCUT2D eigenvalue weighted by Gasteiger charge is -2.11. The molecule has 1 aliphatic rings. The summed E-state index contributed by atoms with van der Waals surface area (Å²) in [4.78, 5) is 11.8. The van der Waals surface area contributed by atoms with Crippen LogP contribution < -0.4 is 5.32 Å². The van der Waals surface area contributed by atoms with Gasteiger partial charge in [0.25, 0.3) is 5.91 Å². The van der Waals surface area contributed by atoms with E-state index in [0.717, 1.165) is 30.9 Å². The highest BCUT2D eigenvalue weighted by atomic mass is 19.1. The van der Waals surface area contributed by atoms with E-state index in [0.29, 0.717) is 12.5 Å². The molecule has 1 aromatic carbocycles. The predicted molar refractivity (Wildman–Crippen MR) is 66.9 cm³/mol. The number of carbonyl (C=O) groups is 1. The van der Waals surface area contributed by atoms with Gasteiger partial charge in [0, 0.05) is 6.54 Å². The molecule has 1 saturated carbocycles. The van der Waals surface area contributed by atoms with E-state index in [1.807, 2.05) is 0 Å². The number of hydrogen-bond donors (Lipinski definition) is 2. The number of phenols is 1. The van der Waals surface area contributed by atoms with Crippen molar-refractivity contribution in [3.05, 3.63) is 29.6 Å². The molecule has 1 aromatic rings. The standard InChI is InChI=1S/C14H18FNO2/c1-9-2-3-10(6-9)8-16-14(18)12-7-11(15)4-5-13(12)17/h4-5,7,9-10,17H,2-3,6,8H2,1H3,(H,16,18). The van der Waals surface area contributed by atoms with E-state index in [1.165, 1.54) is 12.5 Å². The lowest BCUT2D eigenvalue weighted by atomic mass is 10.1. The van der Waals surface area contributed by atoms with Crippen LogP contribution in [0.3, 0.4) is 0 Å². The highest BCUT2D eigenvalue weighted by Crippen LogP contribution is 2.29. The van der Waals surface area contributed by atoms with Crippen molar-refractivity contribution in [1.82, 2.24) is 5.32 Å². The topological polar surface area (TPSA) is 49.3 Å². The molecule has 1 amide bonds. The Morgan fingerprint density at radius 1 is 1.50 bits per heavy atom. The Morgan fingerprint density at radius 3 is 2.94 bits per heavy atom. The largest absolute Gasteiger partial charge is 0.507 e. The van der Waals surface area contributed by atoms with Gasteiger partial charge in [-0.1, -0.05) is 13.3 Å². The Bertz CT molecular complexity index is 447. The lowest BCUT2D eigenvalue weighted by molar-refractivity contribution is 0.0944. The number of halogens is 1. The normalized spacial score (nSPS) is 23.0. The fourth-order valence-electron chi connectivity index (χ4n) is 2.53. The Morgan fingerprint density at radius 2 is 2.28 bits per heavy atom. The van der Waals surface area contributed by atoms with Crippen LogP contribution in [0.5, 0.6) is 5.75 Å². The van der Waals surface area contributed by atoms with Crippen LogP contribution in [0.1, 0.15) is 36.5 Å². The Labute approximate surface area is 106 Å². The minimum Gasteiger partial charge on any atom is -0.507 e. The van der Waals surface area contributed by atoms with Gasteiger partial charge in [0.15, 0.2) is 0 Å². The second-order valence-electron chi connectivity index (χ2n) is 5.16. The van der Waals surface area contributed by atoms with Gasteiger partial charge >= 0.3 is 0 Å². The van der Waals surface area contributed by atoms with Crippen LogP contribution >= 0.6 is 0 Å². The average Bonchev–Trinajstić information content (AvgIpc) is 2.75. The summed E-state index contributed by atoms with van der Waals surface area (Å²) in [5.41, 5.74) is 0.000968. The summed E-state index contributed by atoms with van der Waals surface area (Å²) in [6, 6.07) is 3.38. The van der Waals surface area contributed by atoms with Crippen molar-refractivity contribution in [3.8, 4) is 5.75 Å². The van der Waals surface area contributed by atoms with E-state index in [1.54, 1.807) is 0 Å². The molecule has 2 atom stereocenters. The number of benzene rings is 1. The molecule has 0 saturated heterocycles.